The molecule has 0 aliphatic heterocycles. The second-order valence-corrected chi connectivity index (χ2v) is 9.23. The first kappa shape index (κ1) is 21.3. The third kappa shape index (κ3) is 5.74. The first-order valence-corrected chi connectivity index (χ1v) is 11.6. The molecule has 27 heavy (non-hydrogen) atoms. The lowest BCUT2D eigenvalue weighted by Gasteiger charge is -2.06. The lowest BCUT2D eigenvalue weighted by atomic mass is 10.0. The van der Waals surface area contributed by atoms with E-state index in [-0.39, 0.29) is 10.7 Å². The van der Waals surface area contributed by atoms with Crippen LogP contribution in [0.25, 0.3) is 16.0 Å². The summed E-state index contributed by atoms with van der Waals surface area (Å²) in [4.78, 5) is 5.93. The molecule has 0 saturated heterocycles. The van der Waals surface area contributed by atoms with Gasteiger partial charge in [0.05, 0.1) is 21.3 Å². The normalized spacial score (nSPS) is 13.1. The van der Waals surface area contributed by atoms with Crippen LogP contribution in [0.4, 0.5) is 9.52 Å². The largest absolute Gasteiger partial charge is 0.361 e. The lowest BCUT2D eigenvalue weighted by Crippen LogP contribution is -1.99. The summed E-state index contributed by atoms with van der Waals surface area (Å²) in [5.74, 6) is -0.264. The fourth-order valence-electron chi connectivity index (χ4n) is 2.47. The predicted octanol–water partition coefficient (Wildman–Crippen LogP) is 5.70. The summed E-state index contributed by atoms with van der Waals surface area (Å²) < 4.78 is 36.6. The SMILES string of the molecule is CCCNc1nc(/C(=C/C=C(\C)F)CC)c(-c2ccc(S(C)(=O)=O)cc2)s1. The molecule has 4 nitrogen and oxygen atoms in total. The van der Waals surface area contributed by atoms with Gasteiger partial charge >= 0.3 is 0 Å². The quantitative estimate of drug-likeness (QED) is 0.569. The highest BCUT2D eigenvalue weighted by Gasteiger charge is 2.16. The summed E-state index contributed by atoms with van der Waals surface area (Å²) in [5.41, 5.74) is 2.61. The first-order chi connectivity index (χ1) is 12.8. The van der Waals surface area contributed by atoms with Gasteiger partial charge in [0.1, 0.15) is 0 Å². The van der Waals surface area contributed by atoms with E-state index in [1.807, 2.05) is 6.92 Å². The van der Waals surface area contributed by atoms with Gasteiger partial charge in [-0.15, -0.1) is 0 Å². The number of rotatable bonds is 8. The number of benzene rings is 1. The third-order valence-corrected chi connectivity index (χ3v) is 6.09. The van der Waals surface area contributed by atoms with Crippen molar-refractivity contribution in [3.8, 4) is 10.4 Å². The van der Waals surface area contributed by atoms with Crippen molar-refractivity contribution < 1.29 is 12.8 Å². The van der Waals surface area contributed by atoms with Gasteiger partial charge in [-0.2, -0.15) is 0 Å². The Morgan fingerprint density at radius 1 is 1.22 bits per heavy atom. The summed E-state index contributed by atoms with van der Waals surface area (Å²) >= 11 is 1.52. The van der Waals surface area contributed by atoms with Gasteiger partial charge in [-0.3, -0.25) is 0 Å². The number of nitrogens with zero attached hydrogens (tertiary/aromatic N) is 1. The number of allylic oxidation sites excluding steroid dienone is 4. The van der Waals surface area contributed by atoms with Crippen LogP contribution in [-0.2, 0) is 9.84 Å². The van der Waals surface area contributed by atoms with Gasteiger partial charge in [-0.1, -0.05) is 43.4 Å². The Balaban J connectivity index is 2.54. The van der Waals surface area contributed by atoms with Crippen LogP contribution in [0.15, 0.2) is 47.1 Å². The molecule has 0 aliphatic rings. The van der Waals surface area contributed by atoms with Crippen LogP contribution in [-0.4, -0.2) is 26.2 Å². The van der Waals surface area contributed by atoms with E-state index in [2.05, 4.69) is 12.2 Å². The molecule has 1 heterocycles. The minimum absolute atomic E-state index is 0.264. The highest BCUT2D eigenvalue weighted by Crippen LogP contribution is 2.38. The van der Waals surface area contributed by atoms with Gasteiger partial charge in [0, 0.05) is 12.8 Å². The van der Waals surface area contributed by atoms with E-state index in [1.165, 1.54) is 30.6 Å². The van der Waals surface area contributed by atoms with Crippen molar-refractivity contribution in [3.05, 3.63) is 47.9 Å². The Morgan fingerprint density at radius 3 is 2.41 bits per heavy atom. The molecule has 0 saturated carbocycles. The zero-order chi connectivity index (χ0) is 20.0. The summed E-state index contributed by atoms with van der Waals surface area (Å²) in [6, 6.07) is 6.80. The van der Waals surface area contributed by atoms with Crippen molar-refractivity contribution in [2.24, 2.45) is 0 Å². The minimum atomic E-state index is -3.24. The smallest absolute Gasteiger partial charge is 0.183 e. The molecule has 1 N–H and O–H groups in total. The highest BCUT2D eigenvalue weighted by atomic mass is 32.2. The Labute approximate surface area is 164 Å². The van der Waals surface area contributed by atoms with E-state index in [4.69, 9.17) is 4.98 Å². The van der Waals surface area contributed by atoms with E-state index < -0.39 is 9.84 Å². The van der Waals surface area contributed by atoms with Crippen LogP contribution in [0, 0.1) is 0 Å². The van der Waals surface area contributed by atoms with Crippen molar-refractivity contribution in [3.63, 3.8) is 0 Å². The molecule has 146 valence electrons. The Hall–Kier alpha value is -1.99. The number of halogens is 1. The molecule has 0 atom stereocenters. The van der Waals surface area contributed by atoms with E-state index in [9.17, 15) is 12.8 Å². The first-order valence-electron chi connectivity index (χ1n) is 8.84. The second-order valence-electron chi connectivity index (χ2n) is 6.22. The van der Waals surface area contributed by atoms with E-state index in [0.29, 0.717) is 6.42 Å². The van der Waals surface area contributed by atoms with Gasteiger partial charge in [-0.05, 0) is 49.1 Å². The van der Waals surface area contributed by atoms with Crippen molar-refractivity contribution in [2.45, 2.75) is 38.5 Å². The van der Waals surface area contributed by atoms with Crippen LogP contribution in [0.5, 0.6) is 0 Å². The van der Waals surface area contributed by atoms with Gasteiger partial charge in [0.15, 0.2) is 15.0 Å². The zero-order valence-electron chi connectivity index (χ0n) is 16.0. The average Bonchev–Trinajstić information content (AvgIpc) is 3.03. The van der Waals surface area contributed by atoms with Crippen LogP contribution in [0.2, 0.25) is 0 Å². The molecule has 0 aliphatic carbocycles. The molecule has 0 fully saturated rings. The van der Waals surface area contributed by atoms with E-state index in [0.717, 1.165) is 39.8 Å². The Kier molecular flexibility index (Phi) is 7.33. The molecule has 0 unspecified atom stereocenters. The number of thiazole rings is 1. The van der Waals surface area contributed by atoms with E-state index in [1.54, 1.807) is 30.3 Å². The summed E-state index contributed by atoms with van der Waals surface area (Å²) in [6.07, 6.45) is 6.06. The predicted molar refractivity (Wildman–Crippen MR) is 113 cm³/mol. The highest BCUT2D eigenvalue weighted by molar-refractivity contribution is 7.90. The molecular formula is C20H25FN2O2S2. The maximum atomic E-state index is 13.2. The number of nitrogens with one attached hydrogen (secondary N) is 1. The molecule has 0 amide bonds. The molecule has 7 heteroatoms. The van der Waals surface area contributed by atoms with Crippen molar-refractivity contribution in [1.82, 2.24) is 4.98 Å². The van der Waals surface area contributed by atoms with Crippen LogP contribution >= 0.6 is 11.3 Å². The molecule has 0 bridgehead atoms. The van der Waals surface area contributed by atoms with Crippen LogP contribution in [0.3, 0.4) is 0 Å². The van der Waals surface area contributed by atoms with E-state index >= 15 is 0 Å². The summed E-state index contributed by atoms with van der Waals surface area (Å²) in [5, 5.41) is 4.10. The molecule has 2 aromatic rings. The third-order valence-electron chi connectivity index (χ3n) is 3.90. The van der Waals surface area contributed by atoms with Crippen LogP contribution < -0.4 is 5.32 Å². The molecule has 1 aromatic carbocycles. The number of hydrogen-bond acceptors (Lipinski definition) is 5. The maximum absolute atomic E-state index is 13.2. The summed E-state index contributed by atoms with van der Waals surface area (Å²) in [7, 11) is -3.24. The Bertz CT molecular complexity index is 939. The molecule has 0 radical (unpaired) electrons. The van der Waals surface area contributed by atoms with Gasteiger partial charge in [0.25, 0.3) is 0 Å². The summed E-state index contributed by atoms with van der Waals surface area (Å²) in [6.45, 7) is 6.30. The molecule has 0 spiro atoms. The number of aromatic nitrogens is 1. The van der Waals surface area contributed by atoms with Crippen molar-refractivity contribution in [1.29, 1.82) is 0 Å². The number of sulfone groups is 1. The average molecular weight is 409 g/mol. The van der Waals surface area contributed by atoms with Gasteiger partial charge in [0.2, 0.25) is 0 Å². The fraction of sp³-hybridized carbons (Fsp3) is 0.350. The fourth-order valence-corrected chi connectivity index (χ4v) is 4.14. The lowest BCUT2D eigenvalue weighted by molar-refractivity contribution is 0.602. The minimum Gasteiger partial charge on any atom is -0.361 e. The molecule has 2 rings (SSSR count). The monoisotopic (exact) mass is 408 g/mol. The number of anilines is 1. The Morgan fingerprint density at radius 2 is 1.89 bits per heavy atom. The molecule has 1 aromatic heterocycles. The van der Waals surface area contributed by atoms with Gasteiger partial charge in [-0.25, -0.2) is 17.8 Å². The van der Waals surface area contributed by atoms with Crippen molar-refractivity contribution >= 4 is 31.9 Å². The van der Waals surface area contributed by atoms with Crippen LogP contribution in [0.1, 0.15) is 39.3 Å². The van der Waals surface area contributed by atoms with Gasteiger partial charge < -0.3 is 5.32 Å². The van der Waals surface area contributed by atoms with Crippen molar-refractivity contribution in [2.75, 3.05) is 18.1 Å². The standard InChI is InChI=1S/C20H25FN2O2S2/c1-5-13-22-20-23-18(15(6-2)8-7-14(3)21)19(26-20)16-9-11-17(12-10-16)27(4,24)25/h7-12H,5-6,13H2,1-4H3,(H,22,23)/b14-7+,15-8+. The maximum Gasteiger partial charge on any atom is 0.183 e. The zero-order valence-corrected chi connectivity index (χ0v) is 17.7. The number of hydrogen-bond donors (Lipinski definition) is 1. The topological polar surface area (TPSA) is 59.1 Å². The molecular weight excluding hydrogens is 383 g/mol. The second kappa shape index (κ2) is 9.28.